The second kappa shape index (κ2) is 4.21. The zero-order valence-corrected chi connectivity index (χ0v) is 7.95. The smallest absolute Gasteiger partial charge is 0.163 e. The molecule has 0 atom stereocenters. The fourth-order valence-electron chi connectivity index (χ4n) is 0.837. The second-order valence-corrected chi connectivity index (χ2v) is 2.59. The molecule has 0 aliphatic heterocycles. The summed E-state index contributed by atoms with van der Waals surface area (Å²) in [4.78, 5) is 3.79. The molecule has 2 nitrogen and oxygen atoms in total. The molecular formula is C8H6ClNOS. The molecule has 0 radical (unpaired) electrons. The third-order valence-electron chi connectivity index (χ3n) is 1.32. The van der Waals surface area contributed by atoms with E-state index >= 15 is 0 Å². The second-order valence-electron chi connectivity index (χ2n) is 2.00. The Hall–Kier alpha value is -0.890. The Morgan fingerprint density at radius 3 is 2.92 bits per heavy atom. The van der Waals surface area contributed by atoms with E-state index in [0.717, 1.165) is 0 Å². The number of benzene rings is 1. The Morgan fingerprint density at radius 1 is 1.58 bits per heavy atom. The van der Waals surface area contributed by atoms with Crippen LogP contribution in [0, 0.1) is 0 Å². The number of isothiocyanates is 1. The summed E-state index contributed by atoms with van der Waals surface area (Å²) >= 11 is 10.3. The predicted octanol–water partition coefficient (Wildman–Crippen LogP) is 3.08. The normalized spacial score (nSPS) is 8.83. The van der Waals surface area contributed by atoms with Crippen LogP contribution < -0.4 is 4.74 Å². The lowest BCUT2D eigenvalue weighted by Crippen LogP contribution is -1.83. The van der Waals surface area contributed by atoms with Gasteiger partial charge < -0.3 is 4.74 Å². The molecule has 1 aromatic rings. The van der Waals surface area contributed by atoms with Crippen molar-refractivity contribution in [3.63, 3.8) is 0 Å². The minimum atomic E-state index is 0.518. The summed E-state index contributed by atoms with van der Waals surface area (Å²) in [6.07, 6.45) is 0. The van der Waals surface area contributed by atoms with Gasteiger partial charge in [-0.3, -0.25) is 0 Å². The first kappa shape index (κ1) is 9.20. The molecule has 0 fully saturated rings. The molecule has 0 heterocycles. The van der Waals surface area contributed by atoms with Crippen molar-refractivity contribution in [2.45, 2.75) is 0 Å². The fraction of sp³-hybridized carbons (Fsp3) is 0.125. The van der Waals surface area contributed by atoms with Crippen LogP contribution in [0.25, 0.3) is 0 Å². The van der Waals surface area contributed by atoms with Gasteiger partial charge in [0.15, 0.2) is 5.75 Å². The van der Waals surface area contributed by atoms with Gasteiger partial charge in [-0.1, -0.05) is 17.7 Å². The van der Waals surface area contributed by atoms with Crippen LogP contribution in [-0.2, 0) is 0 Å². The SMILES string of the molecule is COc1c(Cl)cccc1N=C=S. The molecule has 0 bridgehead atoms. The van der Waals surface area contributed by atoms with E-state index in [2.05, 4.69) is 22.4 Å². The van der Waals surface area contributed by atoms with E-state index in [-0.39, 0.29) is 0 Å². The molecule has 1 rings (SSSR count). The largest absolute Gasteiger partial charge is 0.493 e. The molecule has 0 aliphatic rings. The topological polar surface area (TPSA) is 21.6 Å². The van der Waals surface area contributed by atoms with Gasteiger partial charge in [-0.25, -0.2) is 0 Å². The van der Waals surface area contributed by atoms with Crippen molar-refractivity contribution in [2.75, 3.05) is 7.11 Å². The Bertz CT molecular complexity index is 334. The van der Waals surface area contributed by atoms with Crippen molar-refractivity contribution >= 4 is 34.7 Å². The first-order valence-corrected chi connectivity index (χ1v) is 3.98. The van der Waals surface area contributed by atoms with Crippen molar-refractivity contribution in [1.82, 2.24) is 0 Å². The average molecular weight is 200 g/mol. The quantitative estimate of drug-likeness (QED) is 0.539. The number of rotatable bonds is 2. The van der Waals surface area contributed by atoms with Gasteiger partial charge in [-0.2, -0.15) is 4.99 Å². The van der Waals surface area contributed by atoms with Crippen molar-refractivity contribution in [2.24, 2.45) is 4.99 Å². The summed E-state index contributed by atoms with van der Waals surface area (Å²) in [5.41, 5.74) is 0.597. The Labute approximate surface area is 80.8 Å². The molecule has 0 aliphatic carbocycles. The number of hydrogen-bond donors (Lipinski definition) is 0. The first-order valence-electron chi connectivity index (χ1n) is 3.20. The van der Waals surface area contributed by atoms with E-state index in [4.69, 9.17) is 16.3 Å². The van der Waals surface area contributed by atoms with Crippen molar-refractivity contribution in [1.29, 1.82) is 0 Å². The standard InChI is InChI=1S/C8H6ClNOS/c1-11-8-6(9)3-2-4-7(8)10-5-12/h2-4H,1H3. The monoisotopic (exact) mass is 199 g/mol. The van der Waals surface area contributed by atoms with Crippen molar-refractivity contribution in [3.8, 4) is 5.75 Å². The summed E-state index contributed by atoms with van der Waals surface area (Å²) in [6, 6.07) is 5.25. The van der Waals surface area contributed by atoms with Gasteiger partial charge in [-0.15, -0.1) is 0 Å². The lowest BCUT2D eigenvalue weighted by atomic mass is 10.3. The van der Waals surface area contributed by atoms with Gasteiger partial charge in [-0.05, 0) is 24.4 Å². The lowest BCUT2D eigenvalue weighted by molar-refractivity contribution is 0.416. The minimum Gasteiger partial charge on any atom is -0.493 e. The van der Waals surface area contributed by atoms with Gasteiger partial charge in [0, 0.05) is 0 Å². The summed E-state index contributed by atoms with van der Waals surface area (Å²) < 4.78 is 5.02. The highest BCUT2D eigenvalue weighted by molar-refractivity contribution is 7.78. The van der Waals surface area contributed by atoms with Crippen LogP contribution >= 0.6 is 23.8 Å². The van der Waals surface area contributed by atoms with Gasteiger partial charge in [0.05, 0.1) is 17.3 Å². The van der Waals surface area contributed by atoms with Gasteiger partial charge in [0.25, 0.3) is 0 Å². The molecule has 0 unspecified atom stereocenters. The molecule has 12 heavy (non-hydrogen) atoms. The van der Waals surface area contributed by atoms with E-state index < -0.39 is 0 Å². The van der Waals surface area contributed by atoms with Gasteiger partial charge in [0.1, 0.15) is 5.69 Å². The minimum absolute atomic E-state index is 0.518. The number of aliphatic imine (C=N–C) groups is 1. The molecule has 1 aromatic carbocycles. The van der Waals surface area contributed by atoms with Crippen molar-refractivity contribution in [3.05, 3.63) is 23.2 Å². The molecule has 62 valence electrons. The number of nitrogens with zero attached hydrogens (tertiary/aromatic N) is 1. The highest BCUT2D eigenvalue weighted by Crippen LogP contribution is 2.33. The molecule has 0 saturated heterocycles. The molecule has 0 N–H and O–H groups in total. The third kappa shape index (κ3) is 1.83. The lowest BCUT2D eigenvalue weighted by Gasteiger charge is -2.03. The van der Waals surface area contributed by atoms with E-state index in [1.54, 1.807) is 18.2 Å². The maximum atomic E-state index is 5.82. The van der Waals surface area contributed by atoms with Gasteiger partial charge in [0.2, 0.25) is 0 Å². The maximum Gasteiger partial charge on any atom is 0.163 e. The third-order valence-corrected chi connectivity index (χ3v) is 1.71. The Kier molecular flexibility index (Phi) is 3.23. The number of halogens is 1. The number of methoxy groups -OCH3 is 1. The van der Waals surface area contributed by atoms with Crippen LogP contribution in [0.4, 0.5) is 5.69 Å². The van der Waals surface area contributed by atoms with E-state index in [1.165, 1.54) is 7.11 Å². The maximum absolute atomic E-state index is 5.82. The van der Waals surface area contributed by atoms with E-state index in [0.29, 0.717) is 16.5 Å². The summed E-state index contributed by atoms with van der Waals surface area (Å²) in [5, 5.41) is 2.77. The summed E-state index contributed by atoms with van der Waals surface area (Å²) in [5.74, 6) is 0.525. The number of thiocarbonyl (C=S) groups is 1. The van der Waals surface area contributed by atoms with Crippen LogP contribution in [0.2, 0.25) is 5.02 Å². The van der Waals surface area contributed by atoms with Gasteiger partial charge >= 0.3 is 0 Å². The molecular weight excluding hydrogens is 194 g/mol. The first-order chi connectivity index (χ1) is 5.79. The zero-order chi connectivity index (χ0) is 8.97. The Balaban J connectivity index is 3.26. The van der Waals surface area contributed by atoms with Crippen LogP contribution in [0.15, 0.2) is 23.2 Å². The van der Waals surface area contributed by atoms with Crippen LogP contribution in [-0.4, -0.2) is 12.3 Å². The van der Waals surface area contributed by atoms with Crippen molar-refractivity contribution < 1.29 is 4.74 Å². The molecule has 0 aromatic heterocycles. The molecule has 0 saturated carbocycles. The van der Waals surface area contributed by atoms with Crippen LogP contribution in [0.5, 0.6) is 5.75 Å². The zero-order valence-electron chi connectivity index (χ0n) is 6.37. The number of hydrogen-bond acceptors (Lipinski definition) is 3. The van der Waals surface area contributed by atoms with E-state index in [9.17, 15) is 0 Å². The predicted molar refractivity (Wildman–Crippen MR) is 52.7 cm³/mol. The number of para-hydroxylation sites is 1. The highest BCUT2D eigenvalue weighted by atomic mass is 35.5. The average Bonchev–Trinajstić information content (AvgIpc) is 2.05. The Morgan fingerprint density at radius 2 is 2.33 bits per heavy atom. The van der Waals surface area contributed by atoms with Crippen LogP contribution in [0.3, 0.4) is 0 Å². The van der Waals surface area contributed by atoms with Crippen LogP contribution in [0.1, 0.15) is 0 Å². The summed E-state index contributed by atoms with van der Waals surface area (Å²) in [6.45, 7) is 0. The molecule has 0 amide bonds. The number of ether oxygens (including phenoxy) is 1. The molecule has 0 spiro atoms. The van der Waals surface area contributed by atoms with E-state index in [1.807, 2.05) is 0 Å². The highest BCUT2D eigenvalue weighted by Gasteiger charge is 2.04. The fourth-order valence-corrected chi connectivity index (χ4v) is 1.18. The molecule has 4 heteroatoms. The summed E-state index contributed by atoms with van der Waals surface area (Å²) in [7, 11) is 1.53.